The first-order chi connectivity index (χ1) is 20.2. The van der Waals surface area contributed by atoms with Crippen molar-refractivity contribution in [1.82, 2.24) is 4.98 Å². The molecule has 3 atom stereocenters. The van der Waals surface area contributed by atoms with Crippen molar-refractivity contribution in [2.75, 3.05) is 23.9 Å². The summed E-state index contributed by atoms with van der Waals surface area (Å²) in [5, 5.41) is 2.71. The molecule has 4 aromatic rings. The lowest BCUT2D eigenvalue weighted by molar-refractivity contribution is -0.122. The van der Waals surface area contributed by atoms with Crippen molar-refractivity contribution >= 4 is 68.1 Å². The molecule has 2 aliphatic rings. The number of thioether (sulfide) groups is 1. The Hall–Kier alpha value is -3.87. The van der Waals surface area contributed by atoms with E-state index in [1.54, 1.807) is 42.5 Å². The molecule has 1 fully saturated rings. The van der Waals surface area contributed by atoms with Gasteiger partial charge in [0.1, 0.15) is 5.25 Å². The van der Waals surface area contributed by atoms with E-state index >= 15 is 0 Å². The number of nitrogens with zero attached hydrogens (tertiary/aromatic N) is 1. The molecule has 0 bridgehead atoms. The van der Waals surface area contributed by atoms with Gasteiger partial charge < -0.3 is 19.8 Å². The van der Waals surface area contributed by atoms with Gasteiger partial charge in [0.2, 0.25) is 11.8 Å². The van der Waals surface area contributed by atoms with Gasteiger partial charge in [0, 0.05) is 21.0 Å². The first-order valence-corrected chi connectivity index (χ1v) is 15.4. The van der Waals surface area contributed by atoms with Gasteiger partial charge in [-0.15, -0.1) is 0 Å². The summed E-state index contributed by atoms with van der Waals surface area (Å²) >= 11 is 5.65. The Bertz CT molecular complexity index is 1770. The molecule has 6 rings (SSSR count). The molecule has 0 unspecified atom stereocenters. The third kappa shape index (κ3) is 5.14. The zero-order valence-electron chi connectivity index (χ0n) is 22.4. The van der Waals surface area contributed by atoms with Crippen LogP contribution in [-0.2, 0) is 14.4 Å². The Balaban J connectivity index is 1.30. The normalized spacial score (nSPS) is 19.3. The minimum atomic E-state index is -0.735. The summed E-state index contributed by atoms with van der Waals surface area (Å²) < 4.78 is 12.2. The summed E-state index contributed by atoms with van der Waals surface area (Å²) in [5.74, 6) is -1.59. The molecule has 214 valence electrons. The monoisotopic (exact) mass is 665 g/mol. The fourth-order valence-electron chi connectivity index (χ4n) is 5.26. The molecule has 0 spiro atoms. The molecule has 3 aromatic carbocycles. The number of rotatable bonds is 7. The summed E-state index contributed by atoms with van der Waals surface area (Å²) in [6, 6.07) is 19.6. The van der Waals surface area contributed by atoms with Crippen LogP contribution >= 0.6 is 39.0 Å². The number of aromatic nitrogens is 1. The molecular formula is C30H24BrN3O6S2. The first kappa shape index (κ1) is 28.3. The van der Waals surface area contributed by atoms with Crippen LogP contribution < -0.4 is 24.6 Å². The van der Waals surface area contributed by atoms with Gasteiger partial charge in [0.25, 0.3) is 5.91 Å². The Kier molecular flexibility index (Phi) is 7.69. The number of para-hydroxylation sites is 1. The fraction of sp³-hybridized carbons (Fsp3) is 0.200. The van der Waals surface area contributed by atoms with E-state index in [2.05, 4.69) is 26.2 Å². The van der Waals surface area contributed by atoms with Crippen molar-refractivity contribution < 1.29 is 23.9 Å². The number of nitrogens with one attached hydrogen (secondary N) is 2. The summed E-state index contributed by atoms with van der Waals surface area (Å²) in [4.78, 5) is 57.0. The third-order valence-corrected chi connectivity index (χ3v) is 10.2. The van der Waals surface area contributed by atoms with E-state index in [1.807, 2.05) is 31.2 Å². The lowest BCUT2D eigenvalue weighted by Gasteiger charge is -2.30. The number of aryl methyl sites for hydroxylation is 1. The van der Waals surface area contributed by atoms with Crippen molar-refractivity contribution in [2.45, 2.75) is 23.1 Å². The molecule has 0 saturated carbocycles. The van der Waals surface area contributed by atoms with E-state index in [0.29, 0.717) is 38.3 Å². The molecule has 42 heavy (non-hydrogen) atoms. The SMILES string of the molecule is COc1cc([C@@H]2c3sc(=O)[nH]c3S[C@H]3C(=O)N(c4ccc(Br)cc4)C(=O)[C@@H]23)ccc1OCC(=O)Nc1ccccc1C. The molecule has 12 heteroatoms. The number of carbonyl (C=O) groups is 3. The third-order valence-electron chi connectivity index (χ3n) is 7.23. The van der Waals surface area contributed by atoms with Crippen LogP contribution in [0.3, 0.4) is 0 Å². The van der Waals surface area contributed by atoms with Gasteiger partial charge in [-0.2, -0.15) is 0 Å². The number of amides is 3. The van der Waals surface area contributed by atoms with Crippen LogP contribution in [0.4, 0.5) is 11.4 Å². The number of H-pyrrole nitrogens is 1. The molecule has 9 nitrogen and oxygen atoms in total. The van der Waals surface area contributed by atoms with E-state index < -0.39 is 17.1 Å². The number of imide groups is 1. The summed E-state index contributed by atoms with van der Waals surface area (Å²) in [5.41, 5.74) is 2.81. The van der Waals surface area contributed by atoms with Gasteiger partial charge in [-0.05, 0) is 60.5 Å². The van der Waals surface area contributed by atoms with Crippen LogP contribution in [0, 0.1) is 12.8 Å². The highest BCUT2D eigenvalue weighted by atomic mass is 79.9. The number of carbonyl (C=O) groups excluding carboxylic acids is 3. The Morgan fingerprint density at radius 1 is 1.02 bits per heavy atom. The predicted molar refractivity (Wildman–Crippen MR) is 165 cm³/mol. The number of hydrogen-bond acceptors (Lipinski definition) is 8. The fourth-order valence-corrected chi connectivity index (χ4v) is 8.04. The average molecular weight is 667 g/mol. The van der Waals surface area contributed by atoms with Crippen LogP contribution in [0.2, 0.25) is 0 Å². The summed E-state index contributed by atoms with van der Waals surface area (Å²) in [7, 11) is 1.48. The van der Waals surface area contributed by atoms with E-state index in [9.17, 15) is 19.2 Å². The molecule has 0 aliphatic carbocycles. The Morgan fingerprint density at radius 2 is 1.79 bits per heavy atom. The largest absolute Gasteiger partial charge is 0.493 e. The smallest absolute Gasteiger partial charge is 0.305 e. The second-order valence-electron chi connectivity index (χ2n) is 9.80. The molecule has 1 saturated heterocycles. The quantitative estimate of drug-likeness (QED) is 0.256. The molecule has 1 aromatic heterocycles. The van der Waals surface area contributed by atoms with Crippen molar-refractivity contribution in [1.29, 1.82) is 0 Å². The van der Waals surface area contributed by atoms with Gasteiger partial charge in [0.05, 0.1) is 23.7 Å². The first-order valence-electron chi connectivity index (χ1n) is 12.9. The van der Waals surface area contributed by atoms with Gasteiger partial charge >= 0.3 is 4.87 Å². The zero-order chi connectivity index (χ0) is 29.5. The second-order valence-corrected chi connectivity index (χ2v) is 12.9. The van der Waals surface area contributed by atoms with Crippen LogP contribution in [0.5, 0.6) is 11.5 Å². The Labute approximate surface area is 257 Å². The number of anilines is 2. The van der Waals surface area contributed by atoms with E-state index in [-0.39, 0.29) is 29.2 Å². The zero-order valence-corrected chi connectivity index (χ0v) is 25.6. The van der Waals surface area contributed by atoms with Crippen molar-refractivity contribution in [3.05, 3.63) is 96.9 Å². The highest BCUT2D eigenvalue weighted by Gasteiger charge is 2.56. The number of fused-ring (bicyclic) bond motifs is 2. The van der Waals surface area contributed by atoms with Crippen LogP contribution in [-0.4, -0.2) is 41.7 Å². The second kappa shape index (κ2) is 11.4. The molecule has 3 heterocycles. The highest BCUT2D eigenvalue weighted by Crippen LogP contribution is 2.53. The standard InChI is InChI=1S/C30H24BrN3O6S2/c1-15-5-3-4-6-19(15)32-22(35)14-40-20-12-7-16(13-21(20)39-2)23-24-26(41-27-25(23)42-30(38)33-27)29(37)34(28(24)36)18-10-8-17(31)9-11-18/h3-13,23-24,26H,14H2,1-2H3,(H,32,35)(H,33,38)/t23-,24-,26+/m0/s1. The molecule has 2 N–H and O–H groups in total. The maximum atomic E-state index is 13.9. The number of hydrogen-bond donors (Lipinski definition) is 2. The van der Waals surface area contributed by atoms with E-state index in [1.165, 1.54) is 23.8 Å². The minimum absolute atomic E-state index is 0.243. The van der Waals surface area contributed by atoms with Gasteiger partial charge in [-0.25, -0.2) is 4.90 Å². The molecule has 0 radical (unpaired) electrons. The highest BCUT2D eigenvalue weighted by molar-refractivity contribution is 9.10. The van der Waals surface area contributed by atoms with Gasteiger partial charge in [-0.3, -0.25) is 19.2 Å². The van der Waals surface area contributed by atoms with Gasteiger partial charge in [0.15, 0.2) is 18.1 Å². The molecular weight excluding hydrogens is 642 g/mol. The molecule has 2 aliphatic heterocycles. The summed E-state index contributed by atoms with van der Waals surface area (Å²) in [6.07, 6.45) is 0. The van der Waals surface area contributed by atoms with E-state index in [4.69, 9.17) is 9.47 Å². The number of benzene rings is 3. The predicted octanol–water partition coefficient (Wildman–Crippen LogP) is 5.33. The lowest BCUT2D eigenvalue weighted by Crippen LogP contribution is -2.32. The molecule has 3 amide bonds. The van der Waals surface area contributed by atoms with Crippen molar-refractivity contribution in [3.63, 3.8) is 0 Å². The minimum Gasteiger partial charge on any atom is -0.493 e. The maximum Gasteiger partial charge on any atom is 0.305 e. The van der Waals surface area contributed by atoms with Crippen LogP contribution in [0.25, 0.3) is 0 Å². The lowest BCUT2D eigenvalue weighted by atomic mass is 9.83. The average Bonchev–Trinajstić information content (AvgIpc) is 3.47. The summed E-state index contributed by atoms with van der Waals surface area (Å²) in [6.45, 7) is 1.66. The number of ether oxygens (including phenoxy) is 2. The Morgan fingerprint density at radius 3 is 2.52 bits per heavy atom. The number of halogens is 1. The number of methoxy groups -OCH3 is 1. The maximum absolute atomic E-state index is 13.9. The number of thiazole rings is 1. The van der Waals surface area contributed by atoms with Crippen molar-refractivity contribution in [3.8, 4) is 11.5 Å². The van der Waals surface area contributed by atoms with Crippen LogP contribution in [0.1, 0.15) is 21.9 Å². The van der Waals surface area contributed by atoms with Crippen molar-refractivity contribution in [2.24, 2.45) is 5.92 Å². The van der Waals surface area contributed by atoms with Crippen LogP contribution in [0.15, 0.2) is 81.0 Å². The van der Waals surface area contributed by atoms with E-state index in [0.717, 1.165) is 21.4 Å². The topological polar surface area (TPSA) is 118 Å². The number of aromatic amines is 1. The van der Waals surface area contributed by atoms with Gasteiger partial charge in [-0.1, -0.05) is 63.3 Å².